The Labute approximate surface area is 155 Å². The van der Waals surface area contributed by atoms with Crippen LogP contribution in [0.2, 0.25) is 0 Å². The summed E-state index contributed by atoms with van der Waals surface area (Å²) in [5.74, 6) is 0.610. The lowest BCUT2D eigenvalue weighted by Gasteiger charge is -2.29. The topological polar surface area (TPSA) is 67.9 Å². The second kappa shape index (κ2) is 10.8. The SMILES string of the molecule is COC(=O)CCCNC(=O)CN1CCCCCC1c1ccc(OC)cc1. The molecule has 1 heterocycles. The number of nitrogens with zero attached hydrogens (tertiary/aromatic N) is 1. The van der Waals surface area contributed by atoms with Crippen LogP contribution in [0.5, 0.6) is 5.75 Å². The summed E-state index contributed by atoms with van der Waals surface area (Å²) in [7, 11) is 3.04. The summed E-state index contributed by atoms with van der Waals surface area (Å²) in [5, 5.41) is 2.91. The zero-order chi connectivity index (χ0) is 18.8. The molecule has 1 fully saturated rings. The number of hydrogen-bond acceptors (Lipinski definition) is 5. The molecule has 1 aromatic rings. The van der Waals surface area contributed by atoms with Gasteiger partial charge in [0.1, 0.15) is 5.75 Å². The number of esters is 1. The Balaban J connectivity index is 1.90. The Morgan fingerprint density at radius 2 is 1.92 bits per heavy atom. The van der Waals surface area contributed by atoms with Gasteiger partial charge in [0.05, 0.1) is 20.8 Å². The lowest BCUT2D eigenvalue weighted by Crippen LogP contribution is -2.39. The third-order valence-electron chi connectivity index (χ3n) is 4.82. The van der Waals surface area contributed by atoms with Crippen molar-refractivity contribution >= 4 is 11.9 Å². The molecule has 144 valence electrons. The van der Waals surface area contributed by atoms with Gasteiger partial charge in [0, 0.05) is 19.0 Å². The number of nitrogens with one attached hydrogen (secondary N) is 1. The van der Waals surface area contributed by atoms with Gasteiger partial charge in [0.15, 0.2) is 0 Å². The van der Waals surface area contributed by atoms with E-state index in [1.807, 2.05) is 12.1 Å². The van der Waals surface area contributed by atoms with E-state index < -0.39 is 0 Å². The minimum Gasteiger partial charge on any atom is -0.497 e. The first kappa shape index (κ1) is 20.2. The normalized spacial score (nSPS) is 18.0. The summed E-state index contributed by atoms with van der Waals surface area (Å²) in [5.41, 5.74) is 1.23. The van der Waals surface area contributed by atoms with E-state index in [0.717, 1.165) is 25.1 Å². The average molecular weight is 362 g/mol. The van der Waals surface area contributed by atoms with Gasteiger partial charge in [0.2, 0.25) is 5.91 Å². The number of carbonyl (C=O) groups excluding carboxylic acids is 2. The van der Waals surface area contributed by atoms with E-state index in [9.17, 15) is 9.59 Å². The number of amides is 1. The molecule has 1 unspecified atom stereocenters. The quantitative estimate of drug-likeness (QED) is 0.569. The van der Waals surface area contributed by atoms with E-state index in [2.05, 4.69) is 27.1 Å². The molecule has 1 atom stereocenters. The lowest BCUT2D eigenvalue weighted by molar-refractivity contribution is -0.140. The minimum atomic E-state index is -0.244. The van der Waals surface area contributed by atoms with E-state index in [0.29, 0.717) is 25.9 Å². The molecule has 6 nitrogen and oxygen atoms in total. The molecule has 1 saturated heterocycles. The third kappa shape index (κ3) is 6.33. The maximum absolute atomic E-state index is 12.3. The maximum Gasteiger partial charge on any atom is 0.305 e. The van der Waals surface area contributed by atoms with E-state index >= 15 is 0 Å². The second-order valence-corrected chi connectivity index (χ2v) is 6.64. The highest BCUT2D eigenvalue weighted by Gasteiger charge is 2.24. The molecule has 1 aromatic carbocycles. The van der Waals surface area contributed by atoms with Crippen molar-refractivity contribution in [1.29, 1.82) is 0 Å². The Morgan fingerprint density at radius 3 is 2.62 bits per heavy atom. The molecule has 0 spiro atoms. The molecular formula is C20H30N2O4. The first-order valence-electron chi connectivity index (χ1n) is 9.35. The summed E-state index contributed by atoms with van der Waals surface area (Å²) in [6.07, 6.45) is 5.47. The fourth-order valence-corrected chi connectivity index (χ4v) is 3.36. The van der Waals surface area contributed by atoms with Crippen LogP contribution in [0, 0.1) is 0 Å². The Hall–Kier alpha value is -2.08. The van der Waals surface area contributed by atoms with Crippen LogP contribution in [0.4, 0.5) is 0 Å². The van der Waals surface area contributed by atoms with Crippen LogP contribution in [-0.4, -0.2) is 50.6 Å². The fourth-order valence-electron chi connectivity index (χ4n) is 3.36. The van der Waals surface area contributed by atoms with Crippen LogP contribution < -0.4 is 10.1 Å². The minimum absolute atomic E-state index is 0.00952. The summed E-state index contributed by atoms with van der Waals surface area (Å²) in [6, 6.07) is 8.40. The largest absolute Gasteiger partial charge is 0.497 e. The molecule has 1 N–H and O–H groups in total. The predicted octanol–water partition coefficient (Wildman–Crippen LogP) is 2.68. The van der Waals surface area contributed by atoms with Gasteiger partial charge in [-0.15, -0.1) is 0 Å². The van der Waals surface area contributed by atoms with Crippen molar-refractivity contribution in [2.24, 2.45) is 0 Å². The first-order valence-corrected chi connectivity index (χ1v) is 9.35. The number of carbonyl (C=O) groups is 2. The van der Waals surface area contributed by atoms with Crippen molar-refractivity contribution in [3.8, 4) is 5.75 Å². The monoisotopic (exact) mass is 362 g/mol. The van der Waals surface area contributed by atoms with E-state index in [4.69, 9.17) is 4.74 Å². The van der Waals surface area contributed by atoms with Crippen LogP contribution in [-0.2, 0) is 14.3 Å². The van der Waals surface area contributed by atoms with Gasteiger partial charge in [-0.25, -0.2) is 0 Å². The van der Waals surface area contributed by atoms with Gasteiger partial charge in [0.25, 0.3) is 0 Å². The summed E-state index contributed by atoms with van der Waals surface area (Å²) in [6.45, 7) is 1.80. The van der Waals surface area contributed by atoms with Gasteiger partial charge in [-0.1, -0.05) is 25.0 Å². The highest BCUT2D eigenvalue weighted by Crippen LogP contribution is 2.30. The standard InChI is InChI=1S/C20H30N2O4/c1-25-17-11-9-16(10-12-17)18-7-4-3-5-14-22(18)15-19(23)21-13-6-8-20(24)26-2/h9-12,18H,3-8,13-15H2,1-2H3,(H,21,23). The number of benzene rings is 1. The highest BCUT2D eigenvalue weighted by molar-refractivity contribution is 5.78. The maximum atomic E-state index is 12.3. The second-order valence-electron chi connectivity index (χ2n) is 6.64. The van der Waals surface area contributed by atoms with Crippen molar-refractivity contribution in [3.05, 3.63) is 29.8 Å². The van der Waals surface area contributed by atoms with Gasteiger partial charge in [-0.05, 0) is 43.5 Å². The smallest absolute Gasteiger partial charge is 0.305 e. The fraction of sp³-hybridized carbons (Fsp3) is 0.600. The molecule has 0 aromatic heterocycles. The molecule has 2 rings (SSSR count). The van der Waals surface area contributed by atoms with Crippen molar-refractivity contribution in [3.63, 3.8) is 0 Å². The predicted molar refractivity (Wildman–Crippen MR) is 100 cm³/mol. The molecule has 6 heteroatoms. The Bertz CT molecular complexity index is 574. The summed E-state index contributed by atoms with van der Waals surface area (Å²) in [4.78, 5) is 25.7. The van der Waals surface area contributed by atoms with Crippen LogP contribution in [0.1, 0.15) is 50.1 Å². The van der Waals surface area contributed by atoms with Gasteiger partial charge in [-0.2, -0.15) is 0 Å². The Morgan fingerprint density at radius 1 is 1.15 bits per heavy atom. The number of hydrogen-bond donors (Lipinski definition) is 1. The molecule has 0 aliphatic carbocycles. The van der Waals surface area contributed by atoms with E-state index in [-0.39, 0.29) is 17.9 Å². The Kier molecular flexibility index (Phi) is 8.41. The first-order chi connectivity index (χ1) is 12.6. The van der Waals surface area contributed by atoms with Gasteiger partial charge >= 0.3 is 5.97 Å². The lowest BCUT2D eigenvalue weighted by atomic mass is 10.0. The molecule has 0 bridgehead atoms. The van der Waals surface area contributed by atoms with Crippen molar-refractivity contribution in [2.75, 3.05) is 33.9 Å². The zero-order valence-electron chi connectivity index (χ0n) is 15.8. The number of likely N-dealkylation sites (tertiary alicyclic amines) is 1. The number of ether oxygens (including phenoxy) is 2. The van der Waals surface area contributed by atoms with E-state index in [1.165, 1.54) is 25.5 Å². The van der Waals surface area contributed by atoms with Gasteiger partial charge in [-0.3, -0.25) is 14.5 Å². The zero-order valence-corrected chi connectivity index (χ0v) is 15.8. The molecule has 1 amide bonds. The molecule has 0 radical (unpaired) electrons. The highest BCUT2D eigenvalue weighted by atomic mass is 16.5. The molecular weight excluding hydrogens is 332 g/mol. The van der Waals surface area contributed by atoms with Crippen molar-refractivity contribution < 1.29 is 19.1 Å². The van der Waals surface area contributed by atoms with Gasteiger partial charge < -0.3 is 14.8 Å². The van der Waals surface area contributed by atoms with E-state index in [1.54, 1.807) is 7.11 Å². The third-order valence-corrected chi connectivity index (χ3v) is 4.82. The number of rotatable bonds is 8. The molecule has 0 saturated carbocycles. The molecule has 26 heavy (non-hydrogen) atoms. The van der Waals surface area contributed by atoms with Crippen molar-refractivity contribution in [1.82, 2.24) is 10.2 Å². The molecule has 1 aliphatic rings. The van der Waals surface area contributed by atoms with Crippen LogP contribution in [0.15, 0.2) is 24.3 Å². The van der Waals surface area contributed by atoms with Crippen LogP contribution in [0.3, 0.4) is 0 Å². The summed E-state index contributed by atoms with van der Waals surface area (Å²) >= 11 is 0. The van der Waals surface area contributed by atoms with Crippen LogP contribution in [0.25, 0.3) is 0 Å². The van der Waals surface area contributed by atoms with Crippen LogP contribution >= 0.6 is 0 Å². The average Bonchev–Trinajstić information content (AvgIpc) is 2.90. The number of methoxy groups -OCH3 is 2. The molecule has 1 aliphatic heterocycles. The van der Waals surface area contributed by atoms with Crippen molar-refractivity contribution in [2.45, 2.75) is 44.6 Å². The summed E-state index contributed by atoms with van der Waals surface area (Å²) < 4.78 is 9.85.